The van der Waals surface area contributed by atoms with Crippen LogP contribution in [-0.4, -0.2) is 89.5 Å². The molecular weight excluding hydrogens is 573 g/mol. The van der Waals surface area contributed by atoms with Gasteiger partial charge in [-0.15, -0.1) is 0 Å². The fourth-order valence-electron chi connectivity index (χ4n) is 6.52. The van der Waals surface area contributed by atoms with Crippen LogP contribution < -0.4 is 15.0 Å². The summed E-state index contributed by atoms with van der Waals surface area (Å²) >= 11 is 0. The third kappa shape index (κ3) is 4.98. The maximum Gasteiger partial charge on any atom is 0.319 e. The largest absolute Gasteiger partial charge is 0.508 e. The number of ether oxygens (including phenoxy) is 2. The van der Waals surface area contributed by atoms with Gasteiger partial charge in [0.15, 0.2) is 17.5 Å². The SMILES string of the molecule is [2H]C([2H])(Oc1nc(N2C[C@H]3CC[C@@H](C2)N3)c2cnc(-c3cc(O)cc4ccc(F)c(F)c34)c(F)c2n1)C1(C([2H])([2H])N2CCOCC2)CC1. The van der Waals surface area contributed by atoms with E-state index in [-0.39, 0.29) is 63.7 Å². The fraction of sp³-hybridized carbons (Fsp3) is 0.469. The number of aromatic hydroxyl groups is 1. The number of benzene rings is 2. The molecule has 44 heavy (non-hydrogen) atoms. The number of fused-ring (bicyclic) bond motifs is 4. The second-order valence-corrected chi connectivity index (χ2v) is 12.0. The Balaban J connectivity index is 1.26. The van der Waals surface area contributed by atoms with Gasteiger partial charge in [-0.3, -0.25) is 9.88 Å². The van der Waals surface area contributed by atoms with E-state index in [2.05, 4.69) is 20.3 Å². The standard InChI is InChI=1S/C32H33F3N6O3/c33-24-4-1-18-11-21(42)12-22(25(18)26(24)34)28-27(35)29-23(13-36-28)30(41-14-19-2-3-20(15-41)37-19)39-31(38-29)44-17-32(5-6-32)16-40-7-9-43-10-8-40/h1,4,11-13,19-20,37,42H,2-3,5-10,14-17H2/t19-,20+/i16D2,17D2. The van der Waals surface area contributed by atoms with Gasteiger partial charge in [-0.1, -0.05) is 6.07 Å². The number of anilines is 1. The highest BCUT2D eigenvalue weighted by Gasteiger charge is 2.45. The van der Waals surface area contributed by atoms with E-state index in [4.69, 9.17) is 15.0 Å². The Bertz CT molecular complexity index is 1930. The first kappa shape index (κ1) is 23.6. The van der Waals surface area contributed by atoms with Crippen LogP contribution in [0.15, 0.2) is 30.5 Å². The minimum Gasteiger partial charge on any atom is -0.508 e. The van der Waals surface area contributed by atoms with Crippen LogP contribution in [0.4, 0.5) is 19.0 Å². The second kappa shape index (κ2) is 10.7. The number of pyridine rings is 1. The third-order valence-corrected chi connectivity index (χ3v) is 8.88. The van der Waals surface area contributed by atoms with Crippen molar-refractivity contribution in [2.24, 2.45) is 5.41 Å². The van der Waals surface area contributed by atoms with Gasteiger partial charge in [-0.2, -0.15) is 9.97 Å². The number of phenols is 1. The molecule has 0 amide bonds. The molecule has 0 unspecified atom stereocenters. The molecule has 2 bridgehead atoms. The fourth-order valence-corrected chi connectivity index (χ4v) is 6.52. The van der Waals surface area contributed by atoms with Crippen molar-refractivity contribution in [3.05, 3.63) is 47.9 Å². The smallest absolute Gasteiger partial charge is 0.319 e. The maximum absolute atomic E-state index is 16.7. The zero-order valence-corrected chi connectivity index (χ0v) is 23.7. The molecule has 2 N–H and O–H groups in total. The molecule has 4 fully saturated rings. The van der Waals surface area contributed by atoms with Gasteiger partial charge in [0, 0.05) is 70.1 Å². The molecule has 8 rings (SSSR count). The summed E-state index contributed by atoms with van der Waals surface area (Å²) in [6.07, 6.45) is 3.64. The number of hydrogen-bond acceptors (Lipinski definition) is 9. The summed E-state index contributed by atoms with van der Waals surface area (Å²) in [7, 11) is 0. The molecule has 230 valence electrons. The monoisotopic (exact) mass is 610 g/mol. The van der Waals surface area contributed by atoms with E-state index in [0.29, 0.717) is 39.4 Å². The molecule has 1 aliphatic carbocycles. The summed E-state index contributed by atoms with van der Waals surface area (Å²) in [5, 5.41) is 14.0. The summed E-state index contributed by atoms with van der Waals surface area (Å²) < 4.78 is 93.5. The lowest BCUT2D eigenvalue weighted by Crippen LogP contribution is -2.51. The van der Waals surface area contributed by atoms with Gasteiger partial charge in [0.05, 0.1) is 27.9 Å². The number of piperazine rings is 1. The summed E-state index contributed by atoms with van der Waals surface area (Å²) in [4.78, 5) is 16.7. The highest BCUT2D eigenvalue weighted by molar-refractivity contribution is 6.00. The molecule has 9 nitrogen and oxygen atoms in total. The molecule has 12 heteroatoms. The molecule has 3 aliphatic heterocycles. The van der Waals surface area contributed by atoms with Crippen LogP contribution in [0.1, 0.15) is 31.2 Å². The third-order valence-electron chi connectivity index (χ3n) is 8.88. The average molecular weight is 611 g/mol. The van der Waals surface area contributed by atoms with E-state index in [0.717, 1.165) is 25.0 Å². The molecule has 5 heterocycles. The normalized spacial score (nSPS) is 25.0. The molecule has 2 aromatic heterocycles. The molecule has 1 saturated carbocycles. The van der Waals surface area contributed by atoms with Crippen molar-refractivity contribution in [3.8, 4) is 23.0 Å². The molecule has 4 aromatic rings. The first-order valence-corrected chi connectivity index (χ1v) is 14.9. The van der Waals surface area contributed by atoms with Crippen LogP contribution in [0.3, 0.4) is 0 Å². The number of nitrogens with zero attached hydrogens (tertiary/aromatic N) is 5. The van der Waals surface area contributed by atoms with E-state index < -0.39 is 47.6 Å². The van der Waals surface area contributed by atoms with E-state index >= 15 is 8.78 Å². The average Bonchev–Trinajstić information content (AvgIpc) is 3.84. The van der Waals surface area contributed by atoms with Crippen LogP contribution in [0, 0.1) is 22.9 Å². The molecule has 0 radical (unpaired) electrons. The summed E-state index contributed by atoms with van der Waals surface area (Å²) in [6.45, 7) is -2.39. The Labute approximate surface area is 257 Å². The number of phenolic OH excluding ortho intramolecular Hbond substituents is 1. The second-order valence-electron chi connectivity index (χ2n) is 12.0. The van der Waals surface area contributed by atoms with Gasteiger partial charge >= 0.3 is 6.01 Å². The van der Waals surface area contributed by atoms with Gasteiger partial charge in [0.1, 0.15) is 22.8 Å². The summed E-state index contributed by atoms with van der Waals surface area (Å²) in [5.41, 5.74) is -2.45. The van der Waals surface area contributed by atoms with Crippen molar-refractivity contribution in [1.29, 1.82) is 0 Å². The predicted octanol–water partition coefficient (Wildman–Crippen LogP) is 4.40. The lowest BCUT2D eigenvalue weighted by Gasteiger charge is -2.34. The van der Waals surface area contributed by atoms with E-state index in [1.165, 1.54) is 18.3 Å². The Hall–Kier alpha value is -3.74. The lowest BCUT2D eigenvalue weighted by molar-refractivity contribution is 0.0231. The number of morpholine rings is 1. The van der Waals surface area contributed by atoms with Crippen LogP contribution in [0.5, 0.6) is 11.8 Å². The molecule has 4 aliphatic rings. The first-order chi connectivity index (χ1) is 22.9. The number of nitrogens with one attached hydrogen (secondary N) is 1. The predicted molar refractivity (Wildman–Crippen MR) is 158 cm³/mol. The molecule has 2 atom stereocenters. The van der Waals surface area contributed by atoms with Crippen molar-refractivity contribution >= 4 is 27.5 Å². The van der Waals surface area contributed by atoms with Crippen molar-refractivity contribution in [2.45, 2.75) is 37.8 Å². The Kier molecular flexibility index (Phi) is 5.75. The van der Waals surface area contributed by atoms with Gasteiger partial charge in [-0.25, -0.2) is 13.2 Å². The van der Waals surface area contributed by atoms with Crippen molar-refractivity contribution < 1.29 is 33.2 Å². The maximum atomic E-state index is 16.7. The van der Waals surface area contributed by atoms with Crippen LogP contribution in [0.2, 0.25) is 0 Å². The number of aromatic nitrogens is 3. The van der Waals surface area contributed by atoms with Gasteiger partial charge < -0.3 is 24.8 Å². The lowest BCUT2D eigenvalue weighted by atomic mass is 9.99. The van der Waals surface area contributed by atoms with E-state index in [9.17, 15) is 9.50 Å². The number of rotatable bonds is 7. The summed E-state index contributed by atoms with van der Waals surface area (Å²) in [6, 6.07) is 4.34. The van der Waals surface area contributed by atoms with Crippen LogP contribution in [0.25, 0.3) is 32.9 Å². The number of hydrogen-bond donors (Lipinski definition) is 2. The number of halogens is 3. The Morgan fingerprint density at radius 3 is 2.59 bits per heavy atom. The minimum absolute atomic E-state index is 0.131. The highest BCUT2D eigenvalue weighted by Crippen LogP contribution is 2.47. The topological polar surface area (TPSA) is 95.9 Å². The minimum atomic E-state index is -2.60. The van der Waals surface area contributed by atoms with Crippen molar-refractivity contribution in [3.63, 3.8) is 0 Å². The molecule has 0 spiro atoms. The van der Waals surface area contributed by atoms with E-state index in [1.807, 2.05) is 4.90 Å². The van der Waals surface area contributed by atoms with Crippen LogP contribution in [-0.2, 0) is 4.74 Å². The molecular formula is C32H33F3N6O3. The van der Waals surface area contributed by atoms with Gasteiger partial charge in [-0.05, 0) is 49.3 Å². The Morgan fingerprint density at radius 1 is 1.07 bits per heavy atom. The zero-order chi connectivity index (χ0) is 33.6. The zero-order valence-electron chi connectivity index (χ0n) is 27.7. The Morgan fingerprint density at radius 2 is 1.84 bits per heavy atom. The van der Waals surface area contributed by atoms with Crippen molar-refractivity contribution in [1.82, 2.24) is 25.2 Å². The highest BCUT2D eigenvalue weighted by atomic mass is 19.2. The molecule has 3 saturated heterocycles. The summed E-state index contributed by atoms with van der Waals surface area (Å²) in [5.74, 6) is -3.46. The van der Waals surface area contributed by atoms with Crippen molar-refractivity contribution in [2.75, 3.05) is 57.3 Å². The van der Waals surface area contributed by atoms with Gasteiger partial charge in [0.25, 0.3) is 0 Å². The molecule has 2 aromatic carbocycles. The van der Waals surface area contributed by atoms with Crippen LogP contribution >= 0.6 is 0 Å². The quantitative estimate of drug-likeness (QED) is 0.316. The first-order valence-electron chi connectivity index (χ1n) is 16.9. The van der Waals surface area contributed by atoms with E-state index in [1.54, 1.807) is 4.90 Å². The van der Waals surface area contributed by atoms with Gasteiger partial charge in [0.2, 0.25) is 0 Å².